The lowest BCUT2D eigenvalue weighted by Gasteiger charge is -2.52. The van der Waals surface area contributed by atoms with Gasteiger partial charge in [-0.25, -0.2) is 9.59 Å². The van der Waals surface area contributed by atoms with Crippen molar-refractivity contribution in [2.45, 2.75) is 27.9 Å². The van der Waals surface area contributed by atoms with E-state index in [-0.39, 0.29) is 23.6 Å². The van der Waals surface area contributed by atoms with Crippen LogP contribution in [0.1, 0.15) is 5.56 Å². The summed E-state index contributed by atoms with van der Waals surface area (Å²) in [6.07, 6.45) is -0.969. The molecule has 1 aromatic rings. The molecule has 2 heterocycles. The highest BCUT2D eigenvalue weighted by molar-refractivity contribution is 7.86. The van der Waals surface area contributed by atoms with E-state index in [1.165, 1.54) is 24.3 Å². The highest BCUT2D eigenvalue weighted by atomic mass is 35.6. The number of benzene rings is 1. The maximum Gasteiger partial charge on any atom is 0.408 e. The normalized spacial score (nSPS) is 24.4. The van der Waals surface area contributed by atoms with Gasteiger partial charge in [0.15, 0.2) is 6.04 Å². The van der Waals surface area contributed by atoms with Crippen molar-refractivity contribution in [1.82, 2.24) is 10.2 Å². The molecule has 33 heavy (non-hydrogen) atoms. The number of non-ortho nitro benzene ring substituents is 1. The Morgan fingerprint density at radius 1 is 1.27 bits per heavy atom. The molecule has 0 aromatic heterocycles. The average molecular weight is 541 g/mol. The molecule has 1 N–H and O–H groups in total. The molecule has 0 spiro atoms. The van der Waals surface area contributed by atoms with Crippen LogP contribution in [0, 0.1) is 10.1 Å². The number of rotatable bonds is 6. The van der Waals surface area contributed by atoms with Crippen LogP contribution in [0.2, 0.25) is 0 Å². The van der Waals surface area contributed by atoms with Gasteiger partial charge in [-0.15, -0.1) is 0 Å². The van der Waals surface area contributed by atoms with Crippen LogP contribution < -0.4 is 5.32 Å². The molecule has 178 valence electrons. The summed E-state index contributed by atoms with van der Waals surface area (Å²) in [6, 6.07) is 2.91. The van der Waals surface area contributed by atoms with Gasteiger partial charge in [-0.3, -0.25) is 19.1 Å². The van der Waals surface area contributed by atoms with Gasteiger partial charge in [0.2, 0.25) is 3.79 Å². The zero-order valence-corrected chi connectivity index (χ0v) is 19.7. The molecule has 0 radical (unpaired) electrons. The zero-order valence-electron chi connectivity index (χ0n) is 16.6. The largest absolute Gasteiger partial charge is 0.459 e. The van der Waals surface area contributed by atoms with Crippen LogP contribution in [0.15, 0.2) is 36.4 Å². The number of esters is 1. The third-order valence-corrected chi connectivity index (χ3v) is 6.75. The predicted octanol–water partition coefficient (Wildman–Crippen LogP) is 1.96. The quantitative estimate of drug-likeness (QED) is 0.144. The van der Waals surface area contributed by atoms with Gasteiger partial charge in [-0.2, -0.15) is 0 Å². The van der Waals surface area contributed by atoms with Gasteiger partial charge in [0.1, 0.15) is 24.6 Å². The van der Waals surface area contributed by atoms with Gasteiger partial charge in [0.25, 0.3) is 11.6 Å². The summed E-state index contributed by atoms with van der Waals surface area (Å²) < 4.78 is 20.7. The van der Waals surface area contributed by atoms with Crippen LogP contribution in [0.25, 0.3) is 0 Å². The number of ether oxygens (including phenoxy) is 2. The van der Waals surface area contributed by atoms with E-state index in [9.17, 15) is 28.7 Å². The number of carbonyl (C=O) groups excluding carboxylic acids is 3. The molecule has 0 bridgehead atoms. The Labute approximate surface area is 204 Å². The maximum atomic E-state index is 12.6. The van der Waals surface area contributed by atoms with Crippen molar-refractivity contribution in [3.63, 3.8) is 0 Å². The van der Waals surface area contributed by atoms with Crippen LogP contribution in [0.4, 0.5) is 10.5 Å². The summed E-state index contributed by atoms with van der Waals surface area (Å²) in [5.41, 5.74) is 0.546. The van der Waals surface area contributed by atoms with Crippen LogP contribution >= 0.6 is 34.8 Å². The van der Waals surface area contributed by atoms with Crippen molar-refractivity contribution in [3.05, 3.63) is 52.1 Å². The highest BCUT2D eigenvalue weighted by Crippen LogP contribution is 2.35. The van der Waals surface area contributed by atoms with Gasteiger partial charge in [-0.05, 0) is 23.3 Å². The molecule has 2 aliphatic rings. The lowest BCUT2D eigenvalue weighted by Crippen LogP contribution is -2.77. The fraction of sp³-hybridized carbons (Fsp3) is 0.389. The van der Waals surface area contributed by atoms with E-state index in [4.69, 9.17) is 44.3 Å². The van der Waals surface area contributed by atoms with E-state index in [1.807, 2.05) is 0 Å². The minimum atomic E-state index is -1.86. The Kier molecular flexibility index (Phi) is 7.52. The summed E-state index contributed by atoms with van der Waals surface area (Å²) in [7, 11) is -1.65. The van der Waals surface area contributed by atoms with E-state index in [2.05, 4.69) is 11.9 Å². The molecule has 2 amide bonds. The number of fused-ring (bicyclic) bond motifs is 1. The number of nitro benzene ring substituents is 1. The Hall–Kier alpha value is -2.41. The molecule has 11 nitrogen and oxygen atoms in total. The van der Waals surface area contributed by atoms with Crippen molar-refractivity contribution in [1.29, 1.82) is 0 Å². The SMILES string of the molecule is C=C1CS(=O)[C@@H]2C(NC(=O)OCc3ccc([N+](=O)[O-])cc3)C(=O)N2C1C(=O)OCC(Cl)(Cl)Cl. The zero-order chi connectivity index (χ0) is 24.5. The first-order valence-electron chi connectivity index (χ1n) is 9.16. The number of alkyl carbamates (subject to hydrolysis) is 1. The molecular formula is C18H16Cl3N3O8S. The Bertz CT molecular complexity index is 1030. The molecule has 1 aromatic carbocycles. The molecule has 2 saturated heterocycles. The van der Waals surface area contributed by atoms with E-state index in [1.54, 1.807) is 0 Å². The van der Waals surface area contributed by atoms with Gasteiger partial charge >= 0.3 is 12.1 Å². The number of nitro groups is 1. The highest BCUT2D eigenvalue weighted by Gasteiger charge is 2.59. The summed E-state index contributed by atoms with van der Waals surface area (Å²) in [4.78, 5) is 48.4. The van der Waals surface area contributed by atoms with E-state index in [0.717, 1.165) is 4.90 Å². The monoisotopic (exact) mass is 539 g/mol. The molecule has 0 saturated carbocycles. The van der Waals surface area contributed by atoms with E-state index in [0.29, 0.717) is 5.56 Å². The molecule has 4 atom stereocenters. The van der Waals surface area contributed by atoms with E-state index < -0.39 is 61.5 Å². The van der Waals surface area contributed by atoms with Gasteiger partial charge in [0.05, 0.1) is 15.7 Å². The van der Waals surface area contributed by atoms with Crippen molar-refractivity contribution in [2.24, 2.45) is 0 Å². The summed E-state index contributed by atoms with van der Waals surface area (Å²) in [5.74, 6) is -1.68. The number of nitrogens with one attached hydrogen (secondary N) is 1. The number of halogens is 3. The molecule has 2 fully saturated rings. The average Bonchev–Trinajstić information content (AvgIpc) is 2.74. The van der Waals surface area contributed by atoms with Crippen molar-refractivity contribution < 1.29 is 33.0 Å². The first-order chi connectivity index (χ1) is 15.4. The second-order valence-corrected chi connectivity index (χ2v) is 11.1. The summed E-state index contributed by atoms with van der Waals surface area (Å²) >= 11 is 16.7. The summed E-state index contributed by atoms with van der Waals surface area (Å²) in [6.45, 7) is 2.91. The topological polar surface area (TPSA) is 145 Å². The number of hydrogen-bond donors (Lipinski definition) is 1. The van der Waals surface area contributed by atoms with Crippen LogP contribution in [-0.2, 0) is 36.5 Å². The van der Waals surface area contributed by atoms with Crippen molar-refractivity contribution in [2.75, 3.05) is 12.4 Å². The second kappa shape index (κ2) is 9.84. The standard InChI is InChI=1S/C18H16Cl3N3O8S/c1-9-7-33(30)15-12(14(25)23(15)13(9)16(26)32-8-18(19,20)21)22-17(27)31-6-10-2-4-11(5-3-10)24(28)29/h2-5,12-13,15H,1,6-8H2,(H,22,27)/t12?,13?,15-,33?/m1/s1. The second-order valence-electron chi connectivity index (χ2n) is 7.07. The molecule has 2 aliphatic heterocycles. The minimum absolute atomic E-state index is 0.0992. The third-order valence-electron chi connectivity index (χ3n) is 4.73. The van der Waals surface area contributed by atoms with Crippen molar-refractivity contribution in [3.8, 4) is 0 Å². The Morgan fingerprint density at radius 2 is 1.91 bits per heavy atom. The number of β-lactam (4-membered cyclic amide) rings is 1. The number of alkyl halides is 3. The lowest BCUT2D eigenvalue weighted by molar-refractivity contribution is -0.384. The van der Waals surface area contributed by atoms with Gasteiger partial charge < -0.3 is 19.7 Å². The third kappa shape index (κ3) is 5.75. The van der Waals surface area contributed by atoms with Crippen LogP contribution in [0.3, 0.4) is 0 Å². The van der Waals surface area contributed by atoms with Crippen molar-refractivity contribution >= 4 is 69.3 Å². The molecular weight excluding hydrogens is 525 g/mol. The molecule has 0 aliphatic carbocycles. The first-order valence-corrected chi connectivity index (χ1v) is 11.7. The number of carbonyl (C=O) groups is 3. The molecule has 3 unspecified atom stereocenters. The Morgan fingerprint density at radius 3 is 2.48 bits per heavy atom. The fourth-order valence-corrected chi connectivity index (χ4v) is 5.08. The Balaban J connectivity index is 1.60. The maximum absolute atomic E-state index is 12.6. The molecule has 3 rings (SSSR count). The number of nitrogens with zero attached hydrogens (tertiary/aromatic N) is 2. The number of hydrogen-bond acceptors (Lipinski definition) is 8. The summed E-state index contributed by atoms with van der Waals surface area (Å²) in [5, 5.41) is 12.0. The van der Waals surface area contributed by atoms with Gasteiger partial charge in [-0.1, -0.05) is 41.4 Å². The number of amides is 2. The molecule has 15 heteroatoms. The predicted molar refractivity (Wildman–Crippen MR) is 118 cm³/mol. The minimum Gasteiger partial charge on any atom is -0.459 e. The van der Waals surface area contributed by atoms with Crippen LogP contribution in [-0.4, -0.2) is 65.6 Å². The van der Waals surface area contributed by atoms with Crippen LogP contribution in [0.5, 0.6) is 0 Å². The lowest BCUT2D eigenvalue weighted by atomic mass is 9.99. The fourth-order valence-electron chi connectivity index (χ4n) is 3.26. The smallest absolute Gasteiger partial charge is 0.408 e. The van der Waals surface area contributed by atoms with E-state index >= 15 is 0 Å². The van der Waals surface area contributed by atoms with Gasteiger partial charge in [0, 0.05) is 17.9 Å². The first kappa shape index (κ1) is 25.2.